The molecule has 0 spiro atoms. The zero-order chi connectivity index (χ0) is 31.6. The summed E-state index contributed by atoms with van der Waals surface area (Å²) in [5.74, 6) is -0.446. The van der Waals surface area contributed by atoms with Crippen molar-refractivity contribution in [3.05, 3.63) is 69.2 Å². The number of nitrogens with zero attached hydrogens (tertiary/aromatic N) is 2. The Morgan fingerprint density at radius 1 is 1.02 bits per heavy atom. The SMILES string of the molecule is C.C=C(/C(C(C)=C(C)C)=C(C)\C(C)=C/C)c1c(CC)c(CO)c2cnc(OCC3(CC)CC3)nc2c1F.CCCCCC. The first-order chi connectivity index (χ1) is 20.0. The number of benzene rings is 1. The lowest BCUT2D eigenvalue weighted by Crippen LogP contribution is -2.14. The molecule has 1 heterocycles. The van der Waals surface area contributed by atoms with Gasteiger partial charge in [-0.3, -0.25) is 0 Å². The second-order valence-electron chi connectivity index (χ2n) is 12.0. The van der Waals surface area contributed by atoms with Gasteiger partial charge in [0.15, 0.2) is 5.82 Å². The largest absolute Gasteiger partial charge is 0.463 e. The first kappa shape index (κ1) is 38.2. The summed E-state index contributed by atoms with van der Waals surface area (Å²) in [5.41, 5.74) is 8.02. The predicted molar refractivity (Wildman–Crippen MR) is 184 cm³/mol. The maximum atomic E-state index is 16.4. The summed E-state index contributed by atoms with van der Waals surface area (Å²) < 4.78 is 22.4. The monoisotopic (exact) mass is 594 g/mol. The fraction of sp³-hybridized carbons (Fsp3) is 0.579. The van der Waals surface area contributed by atoms with E-state index in [-0.39, 0.29) is 31.0 Å². The van der Waals surface area contributed by atoms with E-state index >= 15 is 4.39 Å². The topological polar surface area (TPSA) is 55.2 Å². The standard InChI is InChI=1S/C31H41FN2O2.C6H14.CH4/c1-10-19(6)21(8)26(20(7)18(4)5)22(9)27-23(11-2)25(16-35)24-15-33-30(34-29(24)28(27)32)36-17-31(12-3)13-14-31;1-3-5-6-4-2;/h10,15,35H,9,11-14,16-17H2,1-8H3;3-6H2,1-2H3;1H4/b19-10-,26-21-;;. The third-order valence-electron chi connectivity index (χ3n) is 9.00. The van der Waals surface area contributed by atoms with Crippen molar-refractivity contribution in [1.82, 2.24) is 9.97 Å². The summed E-state index contributed by atoms with van der Waals surface area (Å²) in [6.07, 6.45) is 13.0. The van der Waals surface area contributed by atoms with E-state index in [9.17, 15) is 5.11 Å². The van der Waals surface area contributed by atoms with Crippen LogP contribution >= 0.6 is 0 Å². The van der Waals surface area contributed by atoms with Crippen LogP contribution in [0.2, 0.25) is 0 Å². The van der Waals surface area contributed by atoms with Gasteiger partial charge in [-0.1, -0.05) is 84.6 Å². The number of unbranched alkanes of at least 4 members (excludes halogenated alkanes) is 3. The molecule has 1 aliphatic rings. The van der Waals surface area contributed by atoms with E-state index in [0.717, 1.165) is 52.7 Å². The van der Waals surface area contributed by atoms with Gasteiger partial charge in [0.2, 0.25) is 0 Å². The van der Waals surface area contributed by atoms with E-state index in [0.29, 0.717) is 35.1 Å². The van der Waals surface area contributed by atoms with Crippen LogP contribution in [0.25, 0.3) is 16.5 Å². The van der Waals surface area contributed by atoms with Gasteiger partial charge in [0.25, 0.3) is 0 Å². The van der Waals surface area contributed by atoms with Gasteiger partial charge in [0.1, 0.15) is 5.52 Å². The Balaban J connectivity index is 0.00000120. The molecule has 0 radical (unpaired) electrons. The fourth-order valence-corrected chi connectivity index (χ4v) is 5.29. The first-order valence-corrected chi connectivity index (χ1v) is 15.9. The quantitative estimate of drug-likeness (QED) is 0.185. The maximum Gasteiger partial charge on any atom is 0.317 e. The molecule has 0 saturated heterocycles. The molecule has 5 heteroatoms. The van der Waals surface area contributed by atoms with Crippen LogP contribution in [-0.2, 0) is 13.0 Å². The lowest BCUT2D eigenvalue weighted by Gasteiger charge is -2.23. The highest BCUT2D eigenvalue weighted by Gasteiger charge is 2.41. The minimum atomic E-state index is -0.446. The third kappa shape index (κ3) is 9.11. The van der Waals surface area contributed by atoms with Crippen molar-refractivity contribution in [2.75, 3.05) is 6.61 Å². The molecule has 0 amide bonds. The molecular formula is C38H59FN2O2. The summed E-state index contributed by atoms with van der Waals surface area (Å²) in [4.78, 5) is 8.87. The van der Waals surface area contributed by atoms with Crippen LogP contribution in [0, 0.1) is 11.2 Å². The number of aromatic nitrogens is 2. The van der Waals surface area contributed by atoms with Crippen LogP contribution in [0.15, 0.2) is 46.7 Å². The smallest absolute Gasteiger partial charge is 0.317 e. The van der Waals surface area contributed by atoms with Gasteiger partial charge in [0.05, 0.1) is 13.2 Å². The van der Waals surface area contributed by atoms with Crippen LogP contribution in [-0.4, -0.2) is 21.7 Å². The highest BCUT2D eigenvalue weighted by Crippen LogP contribution is 2.48. The molecule has 1 aromatic heterocycles. The zero-order valence-electron chi connectivity index (χ0n) is 28.1. The molecule has 1 aliphatic carbocycles. The fourth-order valence-electron chi connectivity index (χ4n) is 5.29. The maximum absolute atomic E-state index is 16.4. The van der Waals surface area contributed by atoms with Crippen molar-refractivity contribution in [2.45, 2.75) is 135 Å². The van der Waals surface area contributed by atoms with Gasteiger partial charge in [-0.15, -0.1) is 0 Å². The highest BCUT2D eigenvalue weighted by atomic mass is 19.1. The molecule has 4 nitrogen and oxygen atoms in total. The number of aliphatic hydroxyl groups excluding tert-OH is 1. The molecule has 1 N–H and O–H groups in total. The summed E-state index contributed by atoms with van der Waals surface area (Å²) in [7, 11) is 0. The summed E-state index contributed by atoms with van der Waals surface area (Å²) in [6, 6.07) is 0.169. The molecule has 3 rings (SSSR count). The molecule has 0 unspecified atom stereocenters. The highest BCUT2D eigenvalue weighted by molar-refractivity contribution is 5.93. The van der Waals surface area contributed by atoms with Gasteiger partial charge in [0, 0.05) is 22.6 Å². The van der Waals surface area contributed by atoms with Crippen LogP contribution in [0.5, 0.6) is 6.01 Å². The summed E-state index contributed by atoms with van der Waals surface area (Å²) in [5, 5.41) is 10.9. The molecule has 1 saturated carbocycles. The average Bonchev–Trinajstić information content (AvgIpc) is 3.78. The summed E-state index contributed by atoms with van der Waals surface area (Å²) >= 11 is 0. The molecule has 43 heavy (non-hydrogen) atoms. The van der Waals surface area contributed by atoms with Crippen LogP contribution < -0.4 is 4.74 Å². The van der Waals surface area contributed by atoms with E-state index in [4.69, 9.17) is 4.74 Å². The van der Waals surface area contributed by atoms with Crippen molar-refractivity contribution >= 4 is 16.5 Å². The number of aliphatic hydroxyl groups is 1. The Kier molecular flexibility index (Phi) is 15.6. The zero-order valence-corrected chi connectivity index (χ0v) is 28.1. The van der Waals surface area contributed by atoms with E-state index in [1.165, 1.54) is 25.7 Å². The van der Waals surface area contributed by atoms with E-state index in [1.807, 2.05) is 13.8 Å². The Labute approximate surface area is 262 Å². The average molecular weight is 595 g/mol. The first-order valence-electron chi connectivity index (χ1n) is 15.9. The minimum Gasteiger partial charge on any atom is -0.463 e. The normalized spacial score (nSPS) is 14.3. The molecule has 1 fully saturated rings. The lowest BCUT2D eigenvalue weighted by atomic mass is 9.82. The van der Waals surface area contributed by atoms with E-state index in [2.05, 4.69) is 78.0 Å². The van der Waals surface area contributed by atoms with Crippen molar-refractivity contribution in [3.63, 3.8) is 0 Å². The third-order valence-corrected chi connectivity index (χ3v) is 9.00. The van der Waals surface area contributed by atoms with Crippen LogP contribution in [0.3, 0.4) is 0 Å². The van der Waals surface area contributed by atoms with Crippen molar-refractivity contribution < 1.29 is 14.2 Å². The van der Waals surface area contributed by atoms with Crippen LogP contribution in [0.1, 0.15) is 138 Å². The number of rotatable bonds is 13. The van der Waals surface area contributed by atoms with Crippen molar-refractivity contribution in [1.29, 1.82) is 0 Å². The number of allylic oxidation sites excluding steroid dienone is 7. The second kappa shape index (κ2) is 17.5. The number of ether oxygens (including phenoxy) is 1. The Morgan fingerprint density at radius 3 is 2.07 bits per heavy atom. The lowest BCUT2D eigenvalue weighted by molar-refractivity contribution is 0.214. The molecule has 0 aliphatic heterocycles. The van der Waals surface area contributed by atoms with Gasteiger partial charge in [-0.2, -0.15) is 4.98 Å². The number of hydrogen-bond acceptors (Lipinski definition) is 4. The Bertz CT molecular complexity index is 1340. The summed E-state index contributed by atoms with van der Waals surface area (Å²) in [6.45, 7) is 25.6. The van der Waals surface area contributed by atoms with Gasteiger partial charge >= 0.3 is 6.01 Å². The van der Waals surface area contributed by atoms with Gasteiger partial charge in [-0.05, 0) is 101 Å². The van der Waals surface area contributed by atoms with Gasteiger partial charge in [-0.25, -0.2) is 9.37 Å². The predicted octanol–water partition coefficient (Wildman–Crippen LogP) is 11.3. The number of halogens is 1. The Morgan fingerprint density at radius 2 is 1.63 bits per heavy atom. The molecule has 2 aromatic rings. The van der Waals surface area contributed by atoms with E-state index in [1.54, 1.807) is 6.20 Å². The van der Waals surface area contributed by atoms with Crippen LogP contribution in [0.4, 0.5) is 4.39 Å². The molecule has 240 valence electrons. The second-order valence-corrected chi connectivity index (χ2v) is 12.0. The molecular weight excluding hydrogens is 535 g/mol. The van der Waals surface area contributed by atoms with E-state index < -0.39 is 5.82 Å². The molecule has 1 aromatic carbocycles. The van der Waals surface area contributed by atoms with Gasteiger partial charge < -0.3 is 9.84 Å². The minimum absolute atomic E-state index is 0. The number of hydrogen-bond donors (Lipinski definition) is 1. The van der Waals surface area contributed by atoms with Crippen molar-refractivity contribution in [2.24, 2.45) is 5.41 Å². The molecule has 0 bridgehead atoms. The van der Waals surface area contributed by atoms with Crippen molar-refractivity contribution in [3.8, 4) is 6.01 Å². The number of fused-ring (bicyclic) bond motifs is 1. The molecule has 0 atom stereocenters. The Hall–Kier alpha value is -2.79.